The zero-order valence-corrected chi connectivity index (χ0v) is 8.69. The van der Waals surface area contributed by atoms with Crippen LogP contribution in [0.2, 0.25) is 0 Å². The molecular formula is C8H5BrClFO2. The van der Waals surface area contributed by atoms with E-state index in [1.54, 1.807) is 0 Å². The number of hydrogen-bond donors (Lipinski definition) is 1. The molecule has 1 aromatic rings. The highest BCUT2D eigenvalue weighted by atomic mass is 79.9. The maximum atomic E-state index is 12.7. The summed E-state index contributed by atoms with van der Waals surface area (Å²) in [4.78, 5) is 11.1. The van der Waals surface area contributed by atoms with E-state index >= 15 is 0 Å². The van der Waals surface area contributed by atoms with Crippen molar-refractivity contribution in [2.24, 2.45) is 0 Å². The van der Waals surface area contributed by atoms with E-state index in [-0.39, 0.29) is 21.7 Å². The summed E-state index contributed by atoms with van der Waals surface area (Å²) in [6.07, 6.45) is 0. The molecule has 0 atom stereocenters. The van der Waals surface area contributed by atoms with Crippen LogP contribution in [0.4, 0.5) is 4.39 Å². The zero-order valence-electron chi connectivity index (χ0n) is 6.35. The number of alkyl halides is 1. The minimum atomic E-state index is -0.672. The van der Waals surface area contributed by atoms with Crippen LogP contribution >= 0.6 is 27.5 Å². The molecule has 0 aliphatic rings. The highest BCUT2D eigenvalue weighted by Crippen LogP contribution is 2.29. The molecule has 0 spiro atoms. The molecule has 70 valence electrons. The highest BCUT2D eigenvalue weighted by molar-refractivity contribution is 9.10. The van der Waals surface area contributed by atoms with Crippen LogP contribution < -0.4 is 0 Å². The molecule has 0 fully saturated rings. The van der Waals surface area contributed by atoms with Gasteiger partial charge in [-0.2, -0.15) is 0 Å². The molecule has 0 unspecified atom stereocenters. The molecule has 0 bridgehead atoms. The summed E-state index contributed by atoms with van der Waals surface area (Å²) in [6, 6.07) is 1.93. The second-order valence-corrected chi connectivity index (χ2v) is 3.40. The van der Waals surface area contributed by atoms with E-state index in [0.29, 0.717) is 0 Å². The second-order valence-electron chi connectivity index (χ2n) is 2.34. The normalized spacial score (nSPS) is 10.1. The van der Waals surface area contributed by atoms with Crippen LogP contribution in [0.15, 0.2) is 16.6 Å². The number of hydrogen-bond acceptors (Lipinski definition) is 2. The third-order valence-electron chi connectivity index (χ3n) is 1.44. The first kappa shape index (κ1) is 10.5. The van der Waals surface area contributed by atoms with Gasteiger partial charge in [0, 0.05) is 11.6 Å². The lowest BCUT2D eigenvalue weighted by atomic mass is 10.1. The topological polar surface area (TPSA) is 37.3 Å². The number of Topliss-reactive ketones (excluding diaryl/α,β-unsaturated/α-hetero) is 1. The third kappa shape index (κ3) is 2.19. The first-order chi connectivity index (χ1) is 6.06. The van der Waals surface area contributed by atoms with Gasteiger partial charge in [-0.1, -0.05) is 0 Å². The van der Waals surface area contributed by atoms with Crippen molar-refractivity contribution in [3.05, 3.63) is 28.0 Å². The van der Waals surface area contributed by atoms with Crippen molar-refractivity contribution in [3.8, 4) is 5.75 Å². The molecule has 0 saturated carbocycles. The van der Waals surface area contributed by atoms with E-state index in [1.807, 2.05) is 0 Å². The fraction of sp³-hybridized carbons (Fsp3) is 0.125. The van der Waals surface area contributed by atoms with Crippen molar-refractivity contribution in [2.75, 3.05) is 5.88 Å². The van der Waals surface area contributed by atoms with Gasteiger partial charge in [-0.3, -0.25) is 4.79 Å². The Bertz CT molecular complexity index is 354. The van der Waals surface area contributed by atoms with Crippen LogP contribution in [0, 0.1) is 5.82 Å². The van der Waals surface area contributed by atoms with Gasteiger partial charge in [-0.15, -0.1) is 11.6 Å². The molecule has 0 amide bonds. The van der Waals surface area contributed by atoms with Crippen LogP contribution in [-0.2, 0) is 0 Å². The Kier molecular flexibility index (Phi) is 3.27. The van der Waals surface area contributed by atoms with Crippen LogP contribution in [0.5, 0.6) is 5.75 Å². The third-order valence-corrected chi connectivity index (χ3v) is 2.52. The number of carbonyl (C=O) groups excluding carboxylic acids is 1. The Hall–Kier alpha value is -0.610. The summed E-state index contributed by atoms with van der Waals surface area (Å²) in [6.45, 7) is 0. The number of ketones is 1. The van der Waals surface area contributed by atoms with E-state index < -0.39 is 11.6 Å². The largest absolute Gasteiger partial charge is 0.507 e. The van der Waals surface area contributed by atoms with E-state index in [9.17, 15) is 9.18 Å². The summed E-state index contributed by atoms with van der Waals surface area (Å²) >= 11 is 8.25. The Morgan fingerprint density at radius 3 is 2.77 bits per heavy atom. The van der Waals surface area contributed by atoms with E-state index in [4.69, 9.17) is 16.7 Å². The standard InChI is InChI=1S/C8H5BrClFO2/c9-8-5(7(13)3-10)1-4(11)2-6(8)12/h1-2,12H,3H2. The number of rotatable bonds is 2. The average Bonchev–Trinajstić information content (AvgIpc) is 2.10. The Morgan fingerprint density at radius 2 is 2.23 bits per heavy atom. The second kappa shape index (κ2) is 4.07. The quantitative estimate of drug-likeness (QED) is 0.661. The SMILES string of the molecule is O=C(CCl)c1cc(F)cc(O)c1Br. The smallest absolute Gasteiger partial charge is 0.178 e. The molecule has 0 aromatic heterocycles. The van der Waals surface area contributed by atoms with E-state index in [1.165, 1.54) is 0 Å². The van der Waals surface area contributed by atoms with Gasteiger partial charge in [0.05, 0.1) is 10.4 Å². The lowest BCUT2D eigenvalue weighted by Crippen LogP contribution is -2.02. The van der Waals surface area contributed by atoms with Crippen molar-refractivity contribution in [2.45, 2.75) is 0 Å². The molecule has 1 aromatic carbocycles. The van der Waals surface area contributed by atoms with Crippen LogP contribution in [0.3, 0.4) is 0 Å². The van der Waals surface area contributed by atoms with Gasteiger partial charge in [0.2, 0.25) is 0 Å². The monoisotopic (exact) mass is 266 g/mol. The van der Waals surface area contributed by atoms with Crippen molar-refractivity contribution in [1.82, 2.24) is 0 Å². The summed E-state index contributed by atoms with van der Waals surface area (Å²) < 4.78 is 12.9. The van der Waals surface area contributed by atoms with Crippen LogP contribution in [-0.4, -0.2) is 16.8 Å². The lowest BCUT2D eigenvalue weighted by Gasteiger charge is -2.03. The van der Waals surface area contributed by atoms with Crippen molar-refractivity contribution >= 4 is 33.3 Å². The Balaban J connectivity index is 3.28. The Morgan fingerprint density at radius 1 is 1.62 bits per heavy atom. The number of halogens is 3. The van der Waals surface area contributed by atoms with Gasteiger partial charge >= 0.3 is 0 Å². The minimum Gasteiger partial charge on any atom is -0.507 e. The first-order valence-electron chi connectivity index (χ1n) is 3.33. The minimum absolute atomic E-state index is 0.0486. The molecule has 0 radical (unpaired) electrons. The maximum Gasteiger partial charge on any atom is 0.178 e. The number of carbonyl (C=O) groups is 1. The summed E-state index contributed by atoms with van der Waals surface area (Å²) in [5.41, 5.74) is 0.0486. The van der Waals surface area contributed by atoms with Crippen molar-refractivity contribution in [1.29, 1.82) is 0 Å². The lowest BCUT2D eigenvalue weighted by molar-refractivity contribution is 0.101. The number of phenolic OH excluding ortho intramolecular Hbond substituents is 1. The molecule has 0 heterocycles. The van der Waals surface area contributed by atoms with Gasteiger partial charge < -0.3 is 5.11 Å². The number of aromatic hydroxyl groups is 1. The van der Waals surface area contributed by atoms with Gasteiger partial charge in [0.25, 0.3) is 0 Å². The summed E-state index contributed by atoms with van der Waals surface area (Å²) in [5, 5.41) is 9.14. The van der Waals surface area contributed by atoms with Crippen molar-refractivity contribution in [3.63, 3.8) is 0 Å². The fourth-order valence-corrected chi connectivity index (χ4v) is 1.44. The molecule has 5 heteroatoms. The predicted octanol–water partition coefficient (Wildman–Crippen LogP) is 2.72. The molecule has 13 heavy (non-hydrogen) atoms. The first-order valence-corrected chi connectivity index (χ1v) is 4.66. The zero-order chi connectivity index (χ0) is 10.0. The molecule has 0 aliphatic heterocycles. The summed E-state index contributed by atoms with van der Waals surface area (Å²) in [5.74, 6) is -1.67. The molecule has 1 rings (SSSR count). The van der Waals surface area contributed by atoms with E-state index in [2.05, 4.69) is 15.9 Å². The molecular weight excluding hydrogens is 262 g/mol. The van der Waals surface area contributed by atoms with Crippen molar-refractivity contribution < 1.29 is 14.3 Å². The molecule has 2 nitrogen and oxygen atoms in total. The molecule has 0 saturated heterocycles. The van der Waals surface area contributed by atoms with Gasteiger partial charge in [0.15, 0.2) is 5.78 Å². The Labute approximate surface area is 87.5 Å². The van der Waals surface area contributed by atoms with E-state index in [0.717, 1.165) is 12.1 Å². The highest BCUT2D eigenvalue weighted by Gasteiger charge is 2.13. The number of phenols is 1. The molecule has 1 N–H and O–H groups in total. The van der Waals surface area contributed by atoms with Gasteiger partial charge in [0.1, 0.15) is 11.6 Å². The van der Waals surface area contributed by atoms with Crippen LogP contribution in [0.1, 0.15) is 10.4 Å². The summed E-state index contributed by atoms with van der Waals surface area (Å²) in [7, 11) is 0. The van der Waals surface area contributed by atoms with Crippen LogP contribution in [0.25, 0.3) is 0 Å². The maximum absolute atomic E-state index is 12.7. The molecule has 0 aliphatic carbocycles. The average molecular weight is 267 g/mol. The van der Waals surface area contributed by atoms with Gasteiger partial charge in [-0.25, -0.2) is 4.39 Å². The number of benzene rings is 1. The van der Waals surface area contributed by atoms with Gasteiger partial charge in [-0.05, 0) is 22.0 Å². The predicted molar refractivity (Wildman–Crippen MR) is 50.8 cm³/mol. The fourth-order valence-electron chi connectivity index (χ4n) is 0.850.